The van der Waals surface area contributed by atoms with E-state index < -0.39 is 34.7 Å². The molecule has 0 unspecified atom stereocenters. The smallest absolute Gasteiger partial charge is 0.327 e. The molecule has 134 valence electrons. The fourth-order valence-corrected chi connectivity index (χ4v) is 4.98. The van der Waals surface area contributed by atoms with Gasteiger partial charge in [-0.15, -0.1) is 11.8 Å². The van der Waals surface area contributed by atoms with Crippen molar-refractivity contribution in [3.63, 3.8) is 0 Å². The van der Waals surface area contributed by atoms with E-state index in [9.17, 15) is 19.5 Å². The molecule has 2 aliphatic heterocycles. The minimum Gasteiger partial charge on any atom is -0.480 e. The quantitative estimate of drug-likeness (QED) is 0.325. The number of nitrogens with two attached hydrogens (primary N) is 1. The van der Waals surface area contributed by atoms with Crippen LogP contribution >= 0.6 is 11.8 Å². The fraction of sp³-hybridized carbons (Fsp3) is 0.438. The number of amides is 2. The van der Waals surface area contributed by atoms with Crippen molar-refractivity contribution in [1.82, 2.24) is 15.6 Å². The lowest BCUT2D eigenvalue weighted by Crippen LogP contribution is -2.71. The van der Waals surface area contributed by atoms with E-state index in [2.05, 4.69) is 10.7 Å². The highest BCUT2D eigenvalue weighted by molar-refractivity contribution is 8.01. The van der Waals surface area contributed by atoms with Crippen LogP contribution in [-0.2, 0) is 14.4 Å². The largest absolute Gasteiger partial charge is 0.480 e. The van der Waals surface area contributed by atoms with Crippen LogP contribution in [0.5, 0.6) is 0 Å². The van der Waals surface area contributed by atoms with Gasteiger partial charge in [0.2, 0.25) is 11.8 Å². The second kappa shape index (κ2) is 6.32. The van der Waals surface area contributed by atoms with E-state index in [1.165, 1.54) is 16.7 Å². The summed E-state index contributed by atoms with van der Waals surface area (Å²) in [5, 5.41) is 11.7. The Kier molecular flexibility index (Phi) is 4.48. The predicted octanol–water partition coefficient (Wildman–Crippen LogP) is -0.177. The van der Waals surface area contributed by atoms with Crippen LogP contribution in [0, 0.1) is 0 Å². The third-order valence-electron chi connectivity index (χ3n) is 4.53. The van der Waals surface area contributed by atoms with E-state index in [0.717, 1.165) is 0 Å². The number of benzene rings is 1. The highest BCUT2D eigenvalue weighted by Crippen LogP contribution is 2.50. The SMILES string of the molecule is CC1(C)S[C@@H]2[C@H](NC(=O)[C@H](NN)c3ccccc3)C(=O)N2[C@H]1C(=O)O. The van der Waals surface area contributed by atoms with Crippen LogP contribution < -0.4 is 16.6 Å². The Balaban J connectivity index is 1.74. The van der Waals surface area contributed by atoms with Crippen LogP contribution in [0.1, 0.15) is 25.5 Å². The van der Waals surface area contributed by atoms with Crippen molar-refractivity contribution in [2.45, 2.75) is 42.1 Å². The van der Waals surface area contributed by atoms with E-state index in [1.54, 1.807) is 38.1 Å². The molecule has 3 rings (SSSR count). The lowest BCUT2D eigenvalue weighted by molar-refractivity contribution is -0.161. The normalized spacial score (nSPS) is 28.0. The standard InChI is InChI=1S/C16H20N4O4S/c1-16(2)11(15(23)24)20-13(22)10(14(20)25-16)18-12(21)9(19-17)8-6-4-3-5-7-8/h3-7,9-11,14,19H,17H2,1-2H3,(H,18,21)(H,23,24)/t9-,10-,11+,14-/m1/s1. The Bertz CT molecular complexity index is 711. The van der Waals surface area contributed by atoms with E-state index in [4.69, 9.17) is 5.84 Å². The van der Waals surface area contributed by atoms with Gasteiger partial charge >= 0.3 is 5.97 Å². The van der Waals surface area contributed by atoms with Crippen molar-refractivity contribution in [2.75, 3.05) is 0 Å². The molecule has 2 saturated heterocycles. The van der Waals surface area contributed by atoms with Gasteiger partial charge in [0.05, 0.1) is 0 Å². The van der Waals surface area contributed by atoms with Crippen molar-refractivity contribution in [3.05, 3.63) is 35.9 Å². The van der Waals surface area contributed by atoms with Crippen LogP contribution in [-0.4, -0.2) is 50.0 Å². The summed E-state index contributed by atoms with van der Waals surface area (Å²) in [6.07, 6.45) is 0. The first-order valence-electron chi connectivity index (χ1n) is 7.82. The minimum atomic E-state index is -1.04. The molecule has 0 bridgehead atoms. The first-order valence-corrected chi connectivity index (χ1v) is 8.70. The number of nitrogens with zero attached hydrogens (tertiary/aromatic N) is 1. The van der Waals surface area contributed by atoms with Gasteiger partial charge in [-0.1, -0.05) is 30.3 Å². The zero-order valence-electron chi connectivity index (χ0n) is 13.8. The van der Waals surface area contributed by atoms with Crippen LogP contribution in [0.25, 0.3) is 0 Å². The van der Waals surface area contributed by atoms with Crippen LogP contribution in [0.2, 0.25) is 0 Å². The van der Waals surface area contributed by atoms with Crippen molar-refractivity contribution < 1.29 is 19.5 Å². The van der Waals surface area contributed by atoms with Gasteiger partial charge in [0.25, 0.3) is 0 Å². The maximum atomic E-state index is 12.5. The third kappa shape index (κ3) is 2.88. The Morgan fingerprint density at radius 1 is 1.32 bits per heavy atom. The molecular formula is C16H20N4O4S. The Morgan fingerprint density at radius 3 is 2.52 bits per heavy atom. The molecule has 2 amide bonds. The van der Waals surface area contributed by atoms with Gasteiger partial charge < -0.3 is 15.3 Å². The molecule has 0 spiro atoms. The number of carbonyl (C=O) groups excluding carboxylic acids is 2. The summed E-state index contributed by atoms with van der Waals surface area (Å²) in [5.41, 5.74) is 3.13. The van der Waals surface area contributed by atoms with Gasteiger partial charge in [-0.05, 0) is 19.4 Å². The molecule has 2 aliphatic rings. The van der Waals surface area contributed by atoms with Crippen molar-refractivity contribution >= 4 is 29.5 Å². The van der Waals surface area contributed by atoms with Gasteiger partial charge in [0.1, 0.15) is 23.5 Å². The predicted molar refractivity (Wildman–Crippen MR) is 92.2 cm³/mol. The third-order valence-corrected chi connectivity index (χ3v) is 6.11. The average molecular weight is 364 g/mol. The number of carbonyl (C=O) groups is 3. The summed E-state index contributed by atoms with van der Waals surface area (Å²) < 4.78 is -0.628. The number of carboxylic acid groups (broad SMARTS) is 1. The average Bonchev–Trinajstić information content (AvgIpc) is 2.82. The Labute approximate surface area is 149 Å². The first kappa shape index (κ1) is 17.7. The van der Waals surface area contributed by atoms with Crippen molar-refractivity contribution in [3.8, 4) is 0 Å². The van der Waals surface area contributed by atoms with Gasteiger partial charge in [-0.25, -0.2) is 10.2 Å². The number of rotatable bonds is 5. The summed E-state index contributed by atoms with van der Waals surface area (Å²) in [6.45, 7) is 3.57. The maximum Gasteiger partial charge on any atom is 0.327 e. The van der Waals surface area contributed by atoms with E-state index in [1.807, 2.05) is 6.07 Å². The second-order valence-electron chi connectivity index (χ2n) is 6.59. The molecule has 4 atom stereocenters. The molecule has 2 fully saturated rings. The van der Waals surface area contributed by atoms with Gasteiger partial charge in [-0.2, -0.15) is 0 Å². The molecule has 0 aliphatic carbocycles. The number of nitrogens with one attached hydrogen (secondary N) is 2. The maximum absolute atomic E-state index is 12.5. The molecule has 1 aromatic carbocycles. The number of thioether (sulfide) groups is 1. The number of hydrogen-bond donors (Lipinski definition) is 4. The summed E-state index contributed by atoms with van der Waals surface area (Å²) in [7, 11) is 0. The van der Waals surface area contributed by atoms with Gasteiger partial charge in [-0.3, -0.25) is 15.4 Å². The molecule has 0 radical (unpaired) electrons. The summed E-state index contributed by atoms with van der Waals surface area (Å²) >= 11 is 1.38. The molecule has 9 heteroatoms. The number of hydrazine groups is 1. The summed E-state index contributed by atoms with van der Waals surface area (Å²) in [5.74, 6) is 3.65. The number of β-lactam (4-membered cyclic amide) rings is 1. The zero-order chi connectivity index (χ0) is 18.4. The second-order valence-corrected chi connectivity index (χ2v) is 8.37. The van der Waals surface area contributed by atoms with E-state index >= 15 is 0 Å². The Hall–Kier alpha value is -2.10. The van der Waals surface area contributed by atoms with E-state index in [-0.39, 0.29) is 11.3 Å². The lowest BCUT2D eigenvalue weighted by Gasteiger charge is -2.43. The minimum absolute atomic E-state index is 0.382. The van der Waals surface area contributed by atoms with Crippen molar-refractivity contribution in [2.24, 2.45) is 5.84 Å². The summed E-state index contributed by atoms with van der Waals surface area (Å²) in [6, 6.07) is 6.47. The number of aliphatic carboxylic acids is 1. The zero-order valence-corrected chi connectivity index (χ0v) is 14.6. The topological polar surface area (TPSA) is 125 Å². The molecule has 5 N–H and O–H groups in total. The van der Waals surface area contributed by atoms with Gasteiger partial charge in [0, 0.05) is 4.75 Å². The molecular weight excluding hydrogens is 344 g/mol. The lowest BCUT2D eigenvalue weighted by atomic mass is 9.95. The first-order chi connectivity index (χ1) is 11.8. The molecule has 25 heavy (non-hydrogen) atoms. The molecule has 2 heterocycles. The highest BCUT2D eigenvalue weighted by Gasteiger charge is 2.64. The van der Waals surface area contributed by atoms with Gasteiger partial charge in [0.15, 0.2) is 0 Å². The molecule has 0 saturated carbocycles. The number of fused-ring (bicyclic) bond motifs is 1. The van der Waals surface area contributed by atoms with Crippen LogP contribution in [0.15, 0.2) is 30.3 Å². The highest BCUT2D eigenvalue weighted by atomic mass is 32.2. The van der Waals surface area contributed by atoms with E-state index in [0.29, 0.717) is 5.56 Å². The molecule has 8 nitrogen and oxygen atoms in total. The van der Waals surface area contributed by atoms with Crippen LogP contribution in [0.4, 0.5) is 0 Å². The summed E-state index contributed by atoms with van der Waals surface area (Å²) in [4.78, 5) is 37.8. The van der Waals surface area contributed by atoms with Crippen LogP contribution in [0.3, 0.4) is 0 Å². The number of carboxylic acids is 1. The molecule has 1 aromatic rings. The fourth-order valence-electron chi connectivity index (χ4n) is 3.35. The number of hydrogen-bond acceptors (Lipinski definition) is 6. The monoisotopic (exact) mass is 364 g/mol. The Morgan fingerprint density at radius 2 is 1.96 bits per heavy atom. The van der Waals surface area contributed by atoms with Crippen molar-refractivity contribution in [1.29, 1.82) is 0 Å². The molecule has 0 aromatic heterocycles.